The van der Waals surface area contributed by atoms with Crippen LogP contribution >= 0.6 is 23.2 Å². The Balaban J connectivity index is 1.99. The Kier molecular flexibility index (Phi) is 7.24. The van der Waals surface area contributed by atoms with Gasteiger partial charge >= 0.3 is 5.97 Å². The van der Waals surface area contributed by atoms with E-state index in [1.165, 1.54) is 27.4 Å². The van der Waals surface area contributed by atoms with E-state index in [0.29, 0.717) is 33.0 Å². The maximum Gasteiger partial charge on any atom is 0.342 e. The molecule has 0 atom stereocenters. The van der Waals surface area contributed by atoms with Crippen molar-refractivity contribution >= 4 is 29.2 Å². The normalized spacial score (nSPS) is 10.2. The van der Waals surface area contributed by atoms with Crippen LogP contribution in [0, 0.1) is 0 Å². The number of carbonyl (C=O) groups excluding carboxylic acids is 1. The first-order valence-electron chi connectivity index (χ1n) is 7.55. The number of hydrogen-bond donors (Lipinski definition) is 0. The molecule has 0 aromatic heterocycles. The van der Waals surface area contributed by atoms with Crippen molar-refractivity contribution in [2.24, 2.45) is 0 Å². The van der Waals surface area contributed by atoms with Crippen LogP contribution in [0.5, 0.6) is 23.0 Å². The molecular weight excluding hydrogens is 383 g/mol. The highest BCUT2D eigenvalue weighted by Gasteiger charge is 2.19. The van der Waals surface area contributed by atoms with Gasteiger partial charge in [-0.05, 0) is 18.2 Å². The topological polar surface area (TPSA) is 63.2 Å². The fourth-order valence-electron chi connectivity index (χ4n) is 2.14. The Labute approximate surface area is 161 Å². The zero-order valence-corrected chi connectivity index (χ0v) is 16.0. The molecular formula is C18H18Cl2O6. The lowest BCUT2D eigenvalue weighted by molar-refractivity contribution is 0.0446. The largest absolute Gasteiger partial charge is 0.496 e. The summed E-state index contributed by atoms with van der Waals surface area (Å²) in [4.78, 5) is 12.3. The van der Waals surface area contributed by atoms with Crippen molar-refractivity contribution in [2.75, 3.05) is 34.5 Å². The maximum atomic E-state index is 12.3. The summed E-state index contributed by atoms with van der Waals surface area (Å²) < 4.78 is 26.3. The number of ether oxygens (including phenoxy) is 5. The Morgan fingerprint density at radius 2 is 1.50 bits per heavy atom. The fourth-order valence-corrected chi connectivity index (χ4v) is 2.61. The SMILES string of the molecule is COc1cc(OC)c(C(=O)OCCOc2ccc(Cl)cc2Cl)cc1OC. The molecule has 0 heterocycles. The van der Waals surface area contributed by atoms with Crippen molar-refractivity contribution in [3.05, 3.63) is 45.9 Å². The molecule has 2 rings (SSSR count). The molecule has 0 spiro atoms. The Morgan fingerprint density at radius 3 is 2.12 bits per heavy atom. The van der Waals surface area contributed by atoms with Crippen LogP contribution in [0.4, 0.5) is 0 Å². The molecule has 0 saturated heterocycles. The van der Waals surface area contributed by atoms with Crippen LogP contribution in [0.15, 0.2) is 30.3 Å². The monoisotopic (exact) mass is 400 g/mol. The Morgan fingerprint density at radius 1 is 0.846 bits per heavy atom. The van der Waals surface area contributed by atoms with Crippen LogP contribution in [-0.2, 0) is 4.74 Å². The van der Waals surface area contributed by atoms with E-state index < -0.39 is 5.97 Å². The van der Waals surface area contributed by atoms with E-state index in [-0.39, 0.29) is 18.8 Å². The van der Waals surface area contributed by atoms with E-state index in [9.17, 15) is 4.79 Å². The number of halogens is 2. The van der Waals surface area contributed by atoms with Crippen molar-refractivity contribution in [1.82, 2.24) is 0 Å². The van der Waals surface area contributed by atoms with Crippen LogP contribution in [0.1, 0.15) is 10.4 Å². The summed E-state index contributed by atoms with van der Waals surface area (Å²) >= 11 is 11.8. The van der Waals surface area contributed by atoms with Gasteiger partial charge in [0.15, 0.2) is 11.5 Å². The van der Waals surface area contributed by atoms with Crippen molar-refractivity contribution in [3.8, 4) is 23.0 Å². The van der Waals surface area contributed by atoms with E-state index in [4.69, 9.17) is 46.9 Å². The van der Waals surface area contributed by atoms with Gasteiger partial charge in [-0.2, -0.15) is 0 Å². The molecule has 8 heteroatoms. The van der Waals surface area contributed by atoms with Crippen LogP contribution in [0.3, 0.4) is 0 Å². The second kappa shape index (κ2) is 9.40. The van der Waals surface area contributed by atoms with E-state index in [0.717, 1.165) is 0 Å². The molecule has 0 bridgehead atoms. The molecule has 0 N–H and O–H groups in total. The lowest BCUT2D eigenvalue weighted by Gasteiger charge is -2.14. The predicted octanol–water partition coefficient (Wildman–Crippen LogP) is 4.26. The predicted molar refractivity (Wildman–Crippen MR) is 98.3 cm³/mol. The first-order chi connectivity index (χ1) is 12.5. The summed E-state index contributed by atoms with van der Waals surface area (Å²) in [6.45, 7) is 0.151. The van der Waals surface area contributed by atoms with Crippen LogP contribution in [0.25, 0.3) is 0 Å². The third-order valence-electron chi connectivity index (χ3n) is 3.39. The molecule has 0 unspecified atom stereocenters. The summed E-state index contributed by atoms with van der Waals surface area (Å²) in [7, 11) is 4.42. The van der Waals surface area contributed by atoms with E-state index >= 15 is 0 Å². The summed E-state index contributed by atoms with van der Waals surface area (Å²) in [5, 5.41) is 0.889. The van der Waals surface area contributed by atoms with E-state index in [1.807, 2.05) is 0 Å². The minimum absolute atomic E-state index is 0.0231. The highest BCUT2D eigenvalue weighted by molar-refractivity contribution is 6.35. The molecule has 26 heavy (non-hydrogen) atoms. The summed E-state index contributed by atoms with van der Waals surface area (Å²) in [6, 6.07) is 7.92. The zero-order valence-electron chi connectivity index (χ0n) is 14.5. The van der Waals surface area contributed by atoms with Gasteiger partial charge in [-0.3, -0.25) is 0 Å². The third-order valence-corrected chi connectivity index (χ3v) is 3.92. The lowest BCUT2D eigenvalue weighted by Crippen LogP contribution is -2.13. The van der Waals surface area contributed by atoms with Gasteiger partial charge in [-0.25, -0.2) is 4.79 Å². The van der Waals surface area contributed by atoms with Gasteiger partial charge in [-0.15, -0.1) is 0 Å². The van der Waals surface area contributed by atoms with E-state index in [2.05, 4.69) is 0 Å². The molecule has 0 radical (unpaired) electrons. The van der Waals surface area contributed by atoms with Gasteiger partial charge in [0.1, 0.15) is 30.3 Å². The standard InChI is InChI=1S/C18H18Cl2O6/c1-22-15-10-17(24-3)16(23-2)9-12(15)18(21)26-7-6-25-14-5-4-11(19)8-13(14)20/h4-5,8-10H,6-7H2,1-3H3. The molecule has 2 aromatic carbocycles. The molecule has 0 saturated carbocycles. The molecule has 140 valence electrons. The minimum atomic E-state index is -0.575. The molecule has 2 aromatic rings. The number of carbonyl (C=O) groups is 1. The Hall–Kier alpha value is -2.31. The highest BCUT2D eigenvalue weighted by atomic mass is 35.5. The second-order valence-corrected chi connectivity index (χ2v) is 5.81. The summed E-state index contributed by atoms with van der Waals surface area (Å²) in [5.41, 5.74) is 0.217. The number of esters is 1. The van der Waals surface area contributed by atoms with Crippen molar-refractivity contribution in [1.29, 1.82) is 0 Å². The van der Waals surface area contributed by atoms with Gasteiger partial charge < -0.3 is 23.7 Å². The van der Waals surface area contributed by atoms with Crippen LogP contribution in [0.2, 0.25) is 10.0 Å². The van der Waals surface area contributed by atoms with Crippen molar-refractivity contribution in [3.63, 3.8) is 0 Å². The van der Waals surface area contributed by atoms with Crippen molar-refractivity contribution < 1.29 is 28.5 Å². The van der Waals surface area contributed by atoms with Crippen LogP contribution < -0.4 is 18.9 Å². The van der Waals surface area contributed by atoms with Gasteiger partial charge in [-0.1, -0.05) is 23.2 Å². The van der Waals surface area contributed by atoms with Gasteiger partial charge in [0.2, 0.25) is 0 Å². The highest BCUT2D eigenvalue weighted by Crippen LogP contribution is 2.35. The maximum absolute atomic E-state index is 12.3. The molecule has 0 amide bonds. The van der Waals surface area contributed by atoms with Crippen molar-refractivity contribution in [2.45, 2.75) is 0 Å². The first-order valence-corrected chi connectivity index (χ1v) is 8.30. The van der Waals surface area contributed by atoms with Gasteiger partial charge in [0.05, 0.1) is 26.4 Å². The molecule has 0 aliphatic heterocycles. The smallest absolute Gasteiger partial charge is 0.342 e. The summed E-state index contributed by atoms with van der Waals surface area (Å²) in [5.74, 6) is 1.03. The Bertz CT molecular complexity index is 779. The fraction of sp³-hybridized carbons (Fsp3) is 0.278. The third kappa shape index (κ3) is 4.86. The van der Waals surface area contributed by atoms with E-state index in [1.54, 1.807) is 24.3 Å². The van der Waals surface area contributed by atoms with Crippen LogP contribution in [-0.4, -0.2) is 40.5 Å². The molecule has 0 aliphatic rings. The molecule has 6 nitrogen and oxygen atoms in total. The minimum Gasteiger partial charge on any atom is -0.496 e. The first kappa shape index (κ1) is 20.0. The second-order valence-electron chi connectivity index (χ2n) is 4.97. The van der Waals surface area contributed by atoms with Gasteiger partial charge in [0, 0.05) is 17.2 Å². The zero-order chi connectivity index (χ0) is 19.1. The van der Waals surface area contributed by atoms with Gasteiger partial charge in [0.25, 0.3) is 0 Å². The number of hydrogen-bond acceptors (Lipinski definition) is 6. The average Bonchev–Trinajstić information content (AvgIpc) is 2.65. The average molecular weight is 401 g/mol. The number of rotatable bonds is 8. The number of methoxy groups -OCH3 is 3. The molecule has 0 fully saturated rings. The summed E-state index contributed by atoms with van der Waals surface area (Å²) in [6.07, 6.45) is 0. The number of benzene rings is 2. The molecule has 0 aliphatic carbocycles. The quantitative estimate of drug-likeness (QED) is 0.487. The lowest BCUT2D eigenvalue weighted by atomic mass is 10.1.